The Morgan fingerprint density at radius 2 is 2.06 bits per heavy atom. The molecule has 0 radical (unpaired) electrons. The molecule has 2 aliphatic rings. The van der Waals surface area contributed by atoms with Crippen molar-refractivity contribution < 1.29 is 0 Å². The zero-order valence-electron chi connectivity index (χ0n) is 10.3. The van der Waals surface area contributed by atoms with Gasteiger partial charge >= 0.3 is 0 Å². The van der Waals surface area contributed by atoms with Crippen LogP contribution in [0.25, 0.3) is 0 Å². The molecule has 0 aromatic heterocycles. The lowest BCUT2D eigenvalue weighted by Gasteiger charge is -2.39. The van der Waals surface area contributed by atoms with E-state index in [9.17, 15) is 0 Å². The minimum absolute atomic E-state index is 0.640. The molecule has 1 atom stereocenters. The number of para-hydroxylation sites is 1. The van der Waals surface area contributed by atoms with Crippen LogP contribution in [-0.4, -0.2) is 37.1 Å². The summed E-state index contributed by atoms with van der Waals surface area (Å²) in [6.07, 6.45) is 2.73. The lowest BCUT2D eigenvalue weighted by atomic mass is 10.1. The van der Waals surface area contributed by atoms with Crippen molar-refractivity contribution in [3.05, 3.63) is 29.8 Å². The van der Waals surface area contributed by atoms with E-state index in [-0.39, 0.29) is 0 Å². The number of fused-ring (bicyclic) bond motifs is 1. The highest BCUT2D eigenvalue weighted by molar-refractivity contribution is 5.54. The third kappa shape index (κ3) is 2.05. The SMILES string of the molecule is NCc1ccccc1N1CCN2CCCC2C1. The zero-order chi connectivity index (χ0) is 11.7. The Kier molecular flexibility index (Phi) is 3.04. The fraction of sp³-hybridized carbons (Fsp3) is 0.571. The van der Waals surface area contributed by atoms with Crippen LogP contribution in [0, 0.1) is 0 Å². The number of anilines is 1. The van der Waals surface area contributed by atoms with E-state index in [1.807, 2.05) is 0 Å². The van der Waals surface area contributed by atoms with Gasteiger partial charge in [0.25, 0.3) is 0 Å². The molecular weight excluding hydrogens is 210 g/mol. The van der Waals surface area contributed by atoms with Gasteiger partial charge in [0, 0.05) is 37.9 Å². The topological polar surface area (TPSA) is 32.5 Å². The quantitative estimate of drug-likeness (QED) is 0.835. The first-order valence-corrected chi connectivity index (χ1v) is 6.65. The van der Waals surface area contributed by atoms with Gasteiger partial charge in [-0.05, 0) is 31.0 Å². The average molecular weight is 231 g/mol. The second-order valence-electron chi connectivity index (χ2n) is 5.11. The van der Waals surface area contributed by atoms with E-state index in [0.29, 0.717) is 6.54 Å². The lowest BCUT2D eigenvalue weighted by molar-refractivity contribution is 0.231. The second-order valence-corrected chi connectivity index (χ2v) is 5.11. The molecule has 2 heterocycles. The van der Waals surface area contributed by atoms with Gasteiger partial charge in [-0.1, -0.05) is 18.2 Å². The predicted octanol–water partition coefficient (Wildman–Crippen LogP) is 1.43. The normalized spacial score (nSPS) is 25.0. The van der Waals surface area contributed by atoms with E-state index in [2.05, 4.69) is 34.1 Å². The predicted molar refractivity (Wildman–Crippen MR) is 71.1 cm³/mol. The molecule has 0 bridgehead atoms. The minimum atomic E-state index is 0.640. The maximum atomic E-state index is 5.83. The summed E-state index contributed by atoms with van der Waals surface area (Å²) >= 11 is 0. The summed E-state index contributed by atoms with van der Waals surface area (Å²) in [5, 5.41) is 0. The molecule has 0 saturated carbocycles. The summed E-state index contributed by atoms with van der Waals surface area (Å²) < 4.78 is 0. The zero-order valence-corrected chi connectivity index (χ0v) is 10.3. The second kappa shape index (κ2) is 4.67. The van der Waals surface area contributed by atoms with Crippen LogP contribution in [0.1, 0.15) is 18.4 Å². The van der Waals surface area contributed by atoms with Crippen LogP contribution in [0.15, 0.2) is 24.3 Å². The van der Waals surface area contributed by atoms with E-state index in [0.717, 1.165) is 12.6 Å². The summed E-state index contributed by atoms with van der Waals surface area (Å²) in [5.41, 5.74) is 8.45. The Bertz CT molecular complexity index is 391. The number of piperazine rings is 1. The number of hydrogen-bond acceptors (Lipinski definition) is 3. The fourth-order valence-electron chi connectivity index (χ4n) is 3.20. The van der Waals surface area contributed by atoms with Gasteiger partial charge in [-0.2, -0.15) is 0 Å². The van der Waals surface area contributed by atoms with Crippen molar-refractivity contribution in [2.45, 2.75) is 25.4 Å². The van der Waals surface area contributed by atoms with E-state index in [1.165, 1.54) is 43.7 Å². The molecule has 3 heteroatoms. The van der Waals surface area contributed by atoms with Gasteiger partial charge in [0.2, 0.25) is 0 Å². The van der Waals surface area contributed by atoms with Gasteiger partial charge in [0.1, 0.15) is 0 Å². The summed E-state index contributed by atoms with van der Waals surface area (Å²) in [6.45, 7) is 5.48. The largest absolute Gasteiger partial charge is 0.368 e. The molecule has 0 spiro atoms. The van der Waals surface area contributed by atoms with Gasteiger partial charge in [-0.3, -0.25) is 4.90 Å². The van der Waals surface area contributed by atoms with Crippen LogP contribution < -0.4 is 10.6 Å². The highest BCUT2D eigenvalue weighted by Crippen LogP contribution is 2.27. The van der Waals surface area contributed by atoms with E-state index < -0.39 is 0 Å². The van der Waals surface area contributed by atoms with Crippen LogP contribution in [0.5, 0.6) is 0 Å². The molecule has 3 nitrogen and oxygen atoms in total. The number of nitrogens with two attached hydrogens (primary N) is 1. The fourth-order valence-corrected chi connectivity index (χ4v) is 3.20. The van der Waals surface area contributed by atoms with Crippen LogP contribution in [0.4, 0.5) is 5.69 Å². The highest BCUT2D eigenvalue weighted by atomic mass is 15.3. The Hall–Kier alpha value is -1.06. The van der Waals surface area contributed by atoms with Crippen molar-refractivity contribution in [2.75, 3.05) is 31.1 Å². The van der Waals surface area contributed by atoms with Crippen molar-refractivity contribution >= 4 is 5.69 Å². The first-order chi connectivity index (χ1) is 8.38. The summed E-state index contributed by atoms with van der Waals surface area (Å²) in [6, 6.07) is 9.34. The third-order valence-electron chi connectivity index (χ3n) is 4.14. The molecule has 3 rings (SSSR count). The number of benzene rings is 1. The molecule has 2 N–H and O–H groups in total. The Balaban J connectivity index is 1.80. The number of hydrogen-bond donors (Lipinski definition) is 1. The van der Waals surface area contributed by atoms with Crippen molar-refractivity contribution in [3.63, 3.8) is 0 Å². The molecule has 1 aromatic carbocycles. The van der Waals surface area contributed by atoms with Gasteiger partial charge in [0.15, 0.2) is 0 Å². The molecular formula is C14H21N3. The molecule has 17 heavy (non-hydrogen) atoms. The van der Waals surface area contributed by atoms with Crippen molar-refractivity contribution in [2.24, 2.45) is 5.73 Å². The molecule has 2 fully saturated rings. The van der Waals surface area contributed by atoms with Crippen LogP contribution in [0.3, 0.4) is 0 Å². The first kappa shape index (κ1) is 11.1. The molecule has 2 aliphatic heterocycles. The first-order valence-electron chi connectivity index (χ1n) is 6.65. The van der Waals surface area contributed by atoms with Crippen molar-refractivity contribution in [1.29, 1.82) is 0 Å². The molecule has 1 aromatic rings. The maximum absolute atomic E-state index is 5.83. The van der Waals surface area contributed by atoms with E-state index >= 15 is 0 Å². The summed E-state index contributed by atoms with van der Waals surface area (Å²) in [4.78, 5) is 5.16. The van der Waals surface area contributed by atoms with Gasteiger partial charge in [0.05, 0.1) is 0 Å². The summed E-state index contributed by atoms with van der Waals surface area (Å²) in [7, 11) is 0. The van der Waals surface area contributed by atoms with Crippen LogP contribution in [0.2, 0.25) is 0 Å². The van der Waals surface area contributed by atoms with Gasteiger partial charge in [-0.25, -0.2) is 0 Å². The third-order valence-corrected chi connectivity index (χ3v) is 4.14. The van der Waals surface area contributed by atoms with Crippen LogP contribution in [-0.2, 0) is 6.54 Å². The Morgan fingerprint density at radius 1 is 1.18 bits per heavy atom. The highest BCUT2D eigenvalue weighted by Gasteiger charge is 2.30. The molecule has 92 valence electrons. The molecule has 0 amide bonds. The maximum Gasteiger partial charge on any atom is 0.0412 e. The molecule has 1 unspecified atom stereocenters. The average Bonchev–Trinajstić information content (AvgIpc) is 2.85. The monoisotopic (exact) mass is 231 g/mol. The van der Waals surface area contributed by atoms with Crippen molar-refractivity contribution in [1.82, 2.24) is 4.90 Å². The van der Waals surface area contributed by atoms with Gasteiger partial charge in [-0.15, -0.1) is 0 Å². The standard InChI is InChI=1S/C14H21N3/c15-10-12-4-1-2-6-14(12)17-9-8-16-7-3-5-13(16)11-17/h1-2,4,6,13H,3,5,7-11,15H2. The Labute approximate surface area is 103 Å². The smallest absolute Gasteiger partial charge is 0.0412 e. The summed E-state index contributed by atoms with van der Waals surface area (Å²) in [5.74, 6) is 0. The van der Waals surface area contributed by atoms with E-state index in [1.54, 1.807) is 0 Å². The Morgan fingerprint density at radius 3 is 2.94 bits per heavy atom. The van der Waals surface area contributed by atoms with Crippen molar-refractivity contribution in [3.8, 4) is 0 Å². The van der Waals surface area contributed by atoms with E-state index in [4.69, 9.17) is 5.73 Å². The van der Waals surface area contributed by atoms with Gasteiger partial charge < -0.3 is 10.6 Å². The number of rotatable bonds is 2. The minimum Gasteiger partial charge on any atom is -0.368 e. The lowest BCUT2D eigenvalue weighted by Crippen LogP contribution is -2.50. The molecule has 0 aliphatic carbocycles. The molecule has 2 saturated heterocycles. The number of nitrogens with zero attached hydrogens (tertiary/aromatic N) is 2. The van der Waals surface area contributed by atoms with Crippen LogP contribution >= 0.6 is 0 Å².